The smallest absolute Gasteiger partial charge is 0.303 e. The highest BCUT2D eigenvalue weighted by molar-refractivity contribution is 5.94. The molecule has 6 nitrogen and oxygen atoms in total. The lowest BCUT2D eigenvalue weighted by molar-refractivity contribution is -0.137. The summed E-state index contributed by atoms with van der Waals surface area (Å²) in [6.45, 7) is 6.92. The molecule has 0 aliphatic carbocycles. The van der Waals surface area contributed by atoms with Crippen LogP contribution < -0.4 is 14.8 Å². The second-order valence-electron chi connectivity index (χ2n) is 6.31. The average molecular weight is 337 g/mol. The molecular weight excluding hydrogens is 310 g/mol. The molecule has 0 aliphatic heterocycles. The molecule has 0 bridgehead atoms. The van der Waals surface area contributed by atoms with Crippen molar-refractivity contribution in [2.75, 3.05) is 20.3 Å². The van der Waals surface area contributed by atoms with E-state index >= 15 is 0 Å². The van der Waals surface area contributed by atoms with E-state index in [1.807, 2.05) is 0 Å². The first-order valence-electron chi connectivity index (χ1n) is 8.14. The molecular formula is C18H27NO5. The van der Waals surface area contributed by atoms with Crippen molar-refractivity contribution in [2.24, 2.45) is 11.8 Å². The number of benzene rings is 1. The van der Waals surface area contributed by atoms with Crippen LogP contribution in [0.25, 0.3) is 0 Å². The number of hydrogen-bond donors (Lipinski definition) is 2. The molecule has 1 atom stereocenters. The lowest BCUT2D eigenvalue weighted by Crippen LogP contribution is -2.29. The van der Waals surface area contributed by atoms with Gasteiger partial charge in [0.2, 0.25) is 0 Å². The summed E-state index contributed by atoms with van der Waals surface area (Å²) < 4.78 is 11.0. The molecule has 6 heteroatoms. The van der Waals surface area contributed by atoms with E-state index < -0.39 is 5.97 Å². The minimum Gasteiger partial charge on any atom is -0.493 e. The Hall–Kier alpha value is -2.24. The Morgan fingerprint density at radius 3 is 2.50 bits per heavy atom. The number of methoxy groups -OCH3 is 1. The molecule has 1 rings (SSSR count). The normalized spacial score (nSPS) is 11.9. The monoisotopic (exact) mass is 337 g/mol. The van der Waals surface area contributed by atoms with Crippen molar-refractivity contribution in [2.45, 2.75) is 33.6 Å². The van der Waals surface area contributed by atoms with E-state index in [2.05, 4.69) is 19.2 Å². The zero-order valence-corrected chi connectivity index (χ0v) is 14.8. The molecule has 1 aromatic carbocycles. The highest BCUT2D eigenvalue weighted by atomic mass is 16.5. The van der Waals surface area contributed by atoms with Gasteiger partial charge in [-0.3, -0.25) is 9.59 Å². The van der Waals surface area contributed by atoms with Crippen LogP contribution >= 0.6 is 0 Å². The Bertz CT molecular complexity index is 556. The minimum atomic E-state index is -0.874. The van der Waals surface area contributed by atoms with Crippen LogP contribution in [-0.2, 0) is 4.79 Å². The van der Waals surface area contributed by atoms with Crippen molar-refractivity contribution in [3.05, 3.63) is 23.8 Å². The van der Waals surface area contributed by atoms with Crippen LogP contribution in [0.15, 0.2) is 18.2 Å². The quantitative estimate of drug-likeness (QED) is 0.685. The third kappa shape index (κ3) is 6.89. The van der Waals surface area contributed by atoms with Gasteiger partial charge in [0.05, 0.1) is 13.7 Å². The van der Waals surface area contributed by atoms with Crippen LogP contribution in [0.5, 0.6) is 11.5 Å². The van der Waals surface area contributed by atoms with E-state index in [1.165, 1.54) is 7.11 Å². The molecule has 1 amide bonds. The van der Waals surface area contributed by atoms with Crippen molar-refractivity contribution in [3.63, 3.8) is 0 Å². The molecule has 0 saturated carbocycles. The summed E-state index contributed by atoms with van der Waals surface area (Å²) in [6.07, 6.45) is 0.957. The summed E-state index contributed by atoms with van der Waals surface area (Å²) in [4.78, 5) is 22.8. The predicted octanol–water partition coefficient (Wildman–Crippen LogP) is 2.96. The number of rotatable bonds is 10. The Balaban J connectivity index is 2.65. The number of carbonyl (C=O) groups excluding carboxylic acids is 1. The van der Waals surface area contributed by atoms with Crippen molar-refractivity contribution in [1.29, 1.82) is 0 Å². The van der Waals surface area contributed by atoms with Gasteiger partial charge in [0.1, 0.15) is 0 Å². The predicted molar refractivity (Wildman–Crippen MR) is 91.7 cm³/mol. The summed E-state index contributed by atoms with van der Waals surface area (Å²) in [5.74, 6) is 0.389. The number of carboxylic acid groups (broad SMARTS) is 1. The molecule has 134 valence electrons. The van der Waals surface area contributed by atoms with Crippen molar-refractivity contribution >= 4 is 11.9 Å². The van der Waals surface area contributed by atoms with E-state index in [4.69, 9.17) is 14.6 Å². The highest BCUT2D eigenvalue weighted by Crippen LogP contribution is 2.28. The molecule has 0 fully saturated rings. The Labute approximate surface area is 143 Å². The van der Waals surface area contributed by atoms with Crippen LogP contribution in [-0.4, -0.2) is 37.2 Å². The summed E-state index contributed by atoms with van der Waals surface area (Å²) >= 11 is 0. The maximum Gasteiger partial charge on any atom is 0.303 e. The topological polar surface area (TPSA) is 84.9 Å². The van der Waals surface area contributed by atoms with Crippen LogP contribution in [0.3, 0.4) is 0 Å². The second kappa shape index (κ2) is 9.80. The van der Waals surface area contributed by atoms with Crippen molar-refractivity contribution in [3.8, 4) is 11.5 Å². The van der Waals surface area contributed by atoms with Gasteiger partial charge in [0.15, 0.2) is 11.5 Å². The number of carbonyl (C=O) groups is 2. The van der Waals surface area contributed by atoms with Gasteiger partial charge < -0.3 is 19.9 Å². The van der Waals surface area contributed by atoms with Crippen LogP contribution in [0.1, 0.15) is 44.0 Å². The number of ether oxygens (including phenoxy) is 2. The molecule has 1 aromatic rings. The molecule has 0 spiro atoms. The number of carboxylic acids is 1. The van der Waals surface area contributed by atoms with Gasteiger partial charge in [-0.1, -0.05) is 20.8 Å². The molecule has 0 radical (unpaired) electrons. The summed E-state index contributed by atoms with van der Waals surface area (Å²) in [5.41, 5.74) is 0.450. The second-order valence-corrected chi connectivity index (χ2v) is 6.31. The molecule has 2 N–H and O–H groups in total. The third-order valence-electron chi connectivity index (χ3n) is 3.51. The maximum absolute atomic E-state index is 12.2. The summed E-state index contributed by atoms with van der Waals surface area (Å²) in [7, 11) is 1.53. The van der Waals surface area contributed by atoms with Crippen LogP contribution in [0, 0.1) is 11.8 Å². The lowest BCUT2D eigenvalue weighted by Gasteiger charge is -2.14. The van der Waals surface area contributed by atoms with E-state index in [0.717, 1.165) is 6.42 Å². The number of aliphatic carboxylic acids is 1. The van der Waals surface area contributed by atoms with Crippen LogP contribution in [0.4, 0.5) is 0 Å². The zero-order valence-electron chi connectivity index (χ0n) is 14.8. The fraction of sp³-hybridized carbons (Fsp3) is 0.556. The van der Waals surface area contributed by atoms with Gasteiger partial charge in [-0.2, -0.15) is 0 Å². The van der Waals surface area contributed by atoms with E-state index in [-0.39, 0.29) is 18.2 Å². The summed E-state index contributed by atoms with van der Waals surface area (Å²) in [5, 5.41) is 11.5. The minimum absolute atomic E-state index is 0.0201. The van der Waals surface area contributed by atoms with Crippen molar-refractivity contribution in [1.82, 2.24) is 5.32 Å². The average Bonchev–Trinajstić information content (AvgIpc) is 2.51. The van der Waals surface area contributed by atoms with E-state index in [9.17, 15) is 9.59 Å². The maximum atomic E-state index is 12.2. The number of hydrogen-bond acceptors (Lipinski definition) is 4. The SMILES string of the molecule is COc1cc(C(=O)NCC(C)CC(=O)O)ccc1OCCC(C)C. The molecule has 24 heavy (non-hydrogen) atoms. The van der Waals surface area contributed by atoms with Gasteiger partial charge in [-0.25, -0.2) is 0 Å². The van der Waals surface area contributed by atoms with Gasteiger partial charge >= 0.3 is 5.97 Å². The molecule has 0 aromatic heterocycles. The molecule has 1 unspecified atom stereocenters. The fourth-order valence-electron chi connectivity index (χ4n) is 2.07. The van der Waals surface area contributed by atoms with E-state index in [0.29, 0.717) is 36.1 Å². The highest BCUT2D eigenvalue weighted by Gasteiger charge is 2.13. The first-order chi connectivity index (χ1) is 11.3. The van der Waals surface area contributed by atoms with Crippen LogP contribution in [0.2, 0.25) is 0 Å². The van der Waals surface area contributed by atoms with Gasteiger partial charge in [-0.05, 0) is 36.5 Å². The Morgan fingerprint density at radius 1 is 1.21 bits per heavy atom. The van der Waals surface area contributed by atoms with Gasteiger partial charge in [0.25, 0.3) is 5.91 Å². The third-order valence-corrected chi connectivity index (χ3v) is 3.51. The molecule has 0 saturated heterocycles. The Kier molecular flexibility index (Phi) is 8.09. The first-order valence-corrected chi connectivity index (χ1v) is 8.14. The standard InChI is InChI=1S/C18H27NO5/c1-12(2)7-8-24-15-6-5-14(10-16(15)23-4)18(22)19-11-13(3)9-17(20)21/h5-6,10,12-13H,7-9,11H2,1-4H3,(H,19,22)(H,20,21). The number of nitrogens with one attached hydrogen (secondary N) is 1. The fourth-order valence-corrected chi connectivity index (χ4v) is 2.07. The lowest BCUT2D eigenvalue weighted by atomic mass is 10.1. The summed E-state index contributed by atoms with van der Waals surface area (Å²) in [6, 6.07) is 5.01. The number of amides is 1. The molecule has 0 heterocycles. The first kappa shape index (κ1) is 19.8. The van der Waals surface area contributed by atoms with E-state index in [1.54, 1.807) is 25.1 Å². The van der Waals surface area contributed by atoms with Gasteiger partial charge in [-0.15, -0.1) is 0 Å². The Morgan fingerprint density at radius 2 is 1.92 bits per heavy atom. The molecule has 0 aliphatic rings. The van der Waals surface area contributed by atoms with Gasteiger partial charge in [0, 0.05) is 18.5 Å². The van der Waals surface area contributed by atoms with Crippen molar-refractivity contribution < 1.29 is 24.2 Å². The zero-order chi connectivity index (χ0) is 18.1. The largest absolute Gasteiger partial charge is 0.493 e.